The minimum atomic E-state index is -1.04. The van der Waals surface area contributed by atoms with E-state index >= 15 is 0 Å². The molecule has 0 amide bonds. The van der Waals surface area contributed by atoms with Crippen molar-refractivity contribution < 1.29 is 24.4 Å². The predicted octanol–water partition coefficient (Wildman–Crippen LogP) is 2.65. The van der Waals surface area contributed by atoms with Gasteiger partial charge >= 0.3 is 0 Å². The van der Waals surface area contributed by atoms with Gasteiger partial charge in [0.25, 0.3) is 0 Å². The molecule has 6 atom stereocenters. The third-order valence-electron chi connectivity index (χ3n) is 4.68. The van der Waals surface area contributed by atoms with Crippen molar-refractivity contribution >= 4 is 11.8 Å². The fourth-order valence-electron chi connectivity index (χ4n) is 3.21. The summed E-state index contributed by atoms with van der Waals surface area (Å²) in [6, 6.07) is 17.5. The minimum absolute atomic E-state index is 0.305. The second-order valence-corrected chi connectivity index (χ2v) is 7.80. The third-order valence-corrected chi connectivity index (χ3v) is 5.84. The van der Waals surface area contributed by atoms with E-state index in [2.05, 4.69) is 0 Å². The van der Waals surface area contributed by atoms with Gasteiger partial charge < -0.3 is 24.4 Å². The van der Waals surface area contributed by atoms with Crippen LogP contribution in [0.1, 0.15) is 17.4 Å². The van der Waals surface area contributed by atoms with Crippen molar-refractivity contribution in [2.75, 3.05) is 6.61 Å². The number of ether oxygens (including phenoxy) is 3. The Morgan fingerprint density at radius 1 is 0.923 bits per heavy atom. The van der Waals surface area contributed by atoms with Gasteiger partial charge in [-0.15, -0.1) is 0 Å². The Bertz CT molecular complexity index is 721. The topological polar surface area (TPSA) is 68.2 Å². The number of benzene rings is 2. The van der Waals surface area contributed by atoms with Crippen LogP contribution in [0.4, 0.5) is 0 Å². The van der Waals surface area contributed by atoms with Crippen LogP contribution in [-0.2, 0) is 14.2 Å². The van der Waals surface area contributed by atoms with Crippen LogP contribution >= 0.6 is 11.8 Å². The average Bonchev–Trinajstić information content (AvgIpc) is 2.68. The van der Waals surface area contributed by atoms with E-state index in [1.165, 1.54) is 17.3 Å². The van der Waals surface area contributed by atoms with Gasteiger partial charge in [0.05, 0.1) is 6.61 Å². The number of aryl methyl sites for hydroxylation is 1. The standard InChI is InChI=1S/C20H22O5S/c1-12-7-9-14(10-8-12)26-20-17(22)16(21)18-15(24-20)11-23-19(25-18)13-5-3-2-4-6-13/h2-10,15-22H,11H2,1H3/t15-,16-,17-,18-,19-,20+/m1/s1. The first kappa shape index (κ1) is 18.0. The third kappa shape index (κ3) is 3.67. The molecule has 0 bridgehead atoms. The summed E-state index contributed by atoms with van der Waals surface area (Å²) in [5.74, 6) is 0. The fourth-order valence-corrected chi connectivity index (χ4v) is 4.27. The van der Waals surface area contributed by atoms with Gasteiger partial charge in [-0.25, -0.2) is 0 Å². The summed E-state index contributed by atoms with van der Waals surface area (Å²) in [7, 11) is 0. The van der Waals surface area contributed by atoms with Crippen LogP contribution in [0.25, 0.3) is 0 Å². The van der Waals surface area contributed by atoms with E-state index in [0.29, 0.717) is 6.61 Å². The maximum Gasteiger partial charge on any atom is 0.184 e. The molecule has 2 heterocycles. The maximum atomic E-state index is 10.6. The summed E-state index contributed by atoms with van der Waals surface area (Å²) >= 11 is 1.39. The van der Waals surface area contributed by atoms with Gasteiger partial charge in [-0.2, -0.15) is 0 Å². The average molecular weight is 374 g/mol. The molecule has 138 valence electrons. The first-order valence-electron chi connectivity index (χ1n) is 8.69. The monoisotopic (exact) mass is 374 g/mol. The maximum absolute atomic E-state index is 10.6. The smallest absolute Gasteiger partial charge is 0.184 e. The highest BCUT2D eigenvalue weighted by Gasteiger charge is 2.49. The lowest BCUT2D eigenvalue weighted by Crippen LogP contribution is -2.60. The number of hydrogen-bond acceptors (Lipinski definition) is 6. The zero-order valence-electron chi connectivity index (χ0n) is 14.4. The molecule has 2 aromatic rings. The molecule has 26 heavy (non-hydrogen) atoms. The molecule has 2 N–H and O–H groups in total. The summed E-state index contributed by atoms with van der Waals surface area (Å²) in [6.45, 7) is 2.33. The Morgan fingerprint density at radius 3 is 2.38 bits per heavy atom. The molecule has 4 rings (SSSR count). The van der Waals surface area contributed by atoms with Crippen LogP contribution in [0, 0.1) is 6.92 Å². The van der Waals surface area contributed by atoms with Crippen LogP contribution in [0.15, 0.2) is 59.5 Å². The molecule has 0 spiro atoms. The number of thioether (sulfide) groups is 1. The molecule has 2 aromatic carbocycles. The van der Waals surface area contributed by atoms with Crippen molar-refractivity contribution in [2.45, 2.75) is 48.0 Å². The van der Waals surface area contributed by atoms with Crippen molar-refractivity contribution in [1.29, 1.82) is 0 Å². The number of rotatable bonds is 3. The van der Waals surface area contributed by atoms with Gasteiger partial charge in [-0.1, -0.05) is 59.8 Å². The predicted molar refractivity (Wildman–Crippen MR) is 97.7 cm³/mol. The highest BCUT2D eigenvalue weighted by molar-refractivity contribution is 7.99. The van der Waals surface area contributed by atoms with Crippen LogP contribution in [0.3, 0.4) is 0 Å². The summed E-state index contributed by atoms with van der Waals surface area (Å²) in [6.07, 6.45) is -3.69. The van der Waals surface area contributed by atoms with Crippen LogP contribution in [0.5, 0.6) is 0 Å². The molecule has 2 saturated heterocycles. The van der Waals surface area contributed by atoms with Crippen molar-refractivity contribution in [3.63, 3.8) is 0 Å². The van der Waals surface area contributed by atoms with Gasteiger partial charge in [0, 0.05) is 10.5 Å². The zero-order chi connectivity index (χ0) is 18.1. The highest BCUT2D eigenvalue weighted by Crippen LogP contribution is 2.38. The second kappa shape index (κ2) is 7.68. The van der Waals surface area contributed by atoms with E-state index in [-0.39, 0.29) is 0 Å². The molecule has 2 aliphatic heterocycles. The summed E-state index contributed by atoms with van der Waals surface area (Å²) in [5.41, 5.74) is 1.47. The van der Waals surface area contributed by atoms with E-state index < -0.39 is 36.1 Å². The first-order valence-corrected chi connectivity index (χ1v) is 9.57. The number of fused-ring (bicyclic) bond motifs is 1. The van der Waals surface area contributed by atoms with Crippen molar-refractivity contribution in [3.05, 3.63) is 65.7 Å². The van der Waals surface area contributed by atoms with Gasteiger partial charge in [-0.3, -0.25) is 0 Å². The Morgan fingerprint density at radius 2 is 1.65 bits per heavy atom. The minimum Gasteiger partial charge on any atom is -0.387 e. The lowest BCUT2D eigenvalue weighted by Gasteiger charge is -2.46. The summed E-state index contributed by atoms with van der Waals surface area (Å²) < 4.78 is 17.7. The normalized spacial score (nSPS) is 34.3. The van der Waals surface area contributed by atoms with E-state index in [1.54, 1.807) is 0 Å². The van der Waals surface area contributed by atoms with E-state index in [9.17, 15) is 10.2 Å². The molecular weight excluding hydrogens is 352 g/mol. The molecule has 5 nitrogen and oxygen atoms in total. The number of aliphatic hydroxyl groups is 2. The van der Waals surface area contributed by atoms with E-state index in [0.717, 1.165) is 10.5 Å². The molecule has 0 unspecified atom stereocenters. The largest absolute Gasteiger partial charge is 0.387 e. The molecule has 0 aliphatic carbocycles. The van der Waals surface area contributed by atoms with Crippen molar-refractivity contribution in [1.82, 2.24) is 0 Å². The lowest BCUT2D eigenvalue weighted by atomic mass is 9.99. The highest BCUT2D eigenvalue weighted by atomic mass is 32.2. The molecule has 0 saturated carbocycles. The Hall–Kier alpha value is -1.41. The van der Waals surface area contributed by atoms with Crippen LogP contribution in [0.2, 0.25) is 0 Å². The number of hydrogen-bond donors (Lipinski definition) is 2. The SMILES string of the molecule is Cc1ccc(S[C@@H]2O[C@@H]3CO[C@@H](c4ccccc4)O[C@H]3[C@H](O)[C@H]2O)cc1. The molecule has 0 radical (unpaired) electrons. The first-order chi connectivity index (χ1) is 12.6. The van der Waals surface area contributed by atoms with Crippen LogP contribution < -0.4 is 0 Å². The van der Waals surface area contributed by atoms with Gasteiger partial charge in [0.15, 0.2) is 6.29 Å². The summed E-state index contributed by atoms with van der Waals surface area (Å²) in [5, 5.41) is 21.1. The van der Waals surface area contributed by atoms with E-state index in [1.807, 2.05) is 61.5 Å². The van der Waals surface area contributed by atoms with Crippen molar-refractivity contribution in [2.24, 2.45) is 0 Å². The van der Waals surface area contributed by atoms with Crippen LogP contribution in [-0.4, -0.2) is 46.7 Å². The zero-order valence-corrected chi connectivity index (χ0v) is 15.2. The Labute approximate surface area is 156 Å². The molecule has 2 fully saturated rings. The molecular formula is C20H22O5S. The fraction of sp³-hybridized carbons (Fsp3) is 0.400. The second-order valence-electron chi connectivity index (χ2n) is 6.63. The van der Waals surface area contributed by atoms with Gasteiger partial charge in [0.2, 0.25) is 0 Å². The van der Waals surface area contributed by atoms with Gasteiger partial charge in [0.1, 0.15) is 29.9 Å². The quantitative estimate of drug-likeness (QED) is 0.861. The van der Waals surface area contributed by atoms with Crippen molar-refractivity contribution in [3.8, 4) is 0 Å². The molecule has 2 aliphatic rings. The Balaban J connectivity index is 1.45. The Kier molecular flexibility index (Phi) is 5.31. The van der Waals surface area contributed by atoms with Gasteiger partial charge in [-0.05, 0) is 19.1 Å². The molecule has 0 aromatic heterocycles. The summed E-state index contributed by atoms with van der Waals surface area (Å²) in [4.78, 5) is 0.977. The molecule has 6 heteroatoms. The lowest BCUT2D eigenvalue weighted by molar-refractivity contribution is -0.318. The number of aliphatic hydroxyl groups excluding tert-OH is 2. The van der Waals surface area contributed by atoms with E-state index in [4.69, 9.17) is 14.2 Å².